The number of carbonyl (C=O) groups is 2. The first-order valence-electron chi connectivity index (χ1n) is 23.6. The molecule has 0 radical (unpaired) electrons. The van der Waals surface area contributed by atoms with E-state index in [1.807, 2.05) is 12.2 Å². The van der Waals surface area contributed by atoms with Gasteiger partial charge in [-0.3, -0.25) is 23.2 Å². The molecular formula is C47H80O17P2. The van der Waals surface area contributed by atoms with Crippen LogP contribution in [0.3, 0.4) is 0 Å². The summed E-state index contributed by atoms with van der Waals surface area (Å²) in [5, 5.41) is 51.6. The lowest BCUT2D eigenvalue weighted by atomic mass is 9.85. The van der Waals surface area contributed by atoms with E-state index in [-0.39, 0.29) is 19.3 Å². The van der Waals surface area contributed by atoms with Gasteiger partial charge in [-0.2, -0.15) is 0 Å². The maximum atomic E-state index is 13.0. The Hall–Kier alpha value is -2.60. The van der Waals surface area contributed by atoms with Gasteiger partial charge in [0.2, 0.25) is 0 Å². The minimum atomic E-state index is -5.39. The Balaban J connectivity index is 2.69. The van der Waals surface area contributed by atoms with E-state index in [9.17, 15) is 49.1 Å². The van der Waals surface area contributed by atoms with Crippen molar-refractivity contribution in [2.45, 2.75) is 198 Å². The van der Waals surface area contributed by atoms with E-state index in [4.69, 9.17) is 28.3 Å². The summed E-state index contributed by atoms with van der Waals surface area (Å²) in [5.74, 6) is -1.49. The summed E-state index contributed by atoms with van der Waals surface area (Å²) in [6, 6.07) is 0. The second-order valence-corrected chi connectivity index (χ2v) is 18.9. The molecule has 6 unspecified atom stereocenters. The van der Waals surface area contributed by atoms with E-state index < -0.39 is 89.6 Å². The Labute approximate surface area is 392 Å². The lowest BCUT2D eigenvalue weighted by molar-refractivity contribution is -0.216. The Morgan fingerprint density at radius 3 is 1.56 bits per heavy atom. The average molecular weight is 979 g/mol. The summed E-state index contributed by atoms with van der Waals surface area (Å²) in [6.45, 7) is 2.77. The Bertz CT molecular complexity index is 1570. The zero-order valence-electron chi connectivity index (χ0n) is 39.0. The molecule has 0 aromatic rings. The van der Waals surface area contributed by atoms with Crippen molar-refractivity contribution in [2.75, 3.05) is 13.2 Å². The van der Waals surface area contributed by atoms with Gasteiger partial charge in [-0.15, -0.1) is 0 Å². The third-order valence-corrected chi connectivity index (χ3v) is 11.9. The van der Waals surface area contributed by atoms with Crippen molar-refractivity contribution in [3.8, 4) is 0 Å². The number of aliphatic hydroxyl groups excluding tert-OH is 5. The summed E-state index contributed by atoms with van der Waals surface area (Å²) < 4.78 is 49.1. The Kier molecular flexibility index (Phi) is 34.7. The highest BCUT2D eigenvalue weighted by Crippen LogP contribution is 2.49. The number of carbonyl (C=O) groups excluding carboxylic acids is 2. The molecule has 66 heavy (non-hydrogen) atoms. The smallest absolute Gasteiger partial charge is 0.462 e. The molecule has 1 saturated carbocycles. The topological polar surface area (TPSA) is 276 Å². The average Bonchev–Trinajstić information content (AvgIpc) is 3.27. The number of hydrogen-bond donors (Lipinski definition) is 8. The van der Waals surface area contributed by atoms with Gasteiger partial charge in [0.1, 0.15) is 43.2 Å². The van der Waals surface area contributed by atoms with Gasteiger partial charge in [0.15, 0.2) is 6.10 Å². The predicted octanol–water partition coefficient (Wildman–Crippen LogP) is 7.81. The molecular weight excluding hydrogens is 898 g/mol. The van der Waals surface area contributed by atoms with Crippen LogP contribution < -0.4 is 0 Å². The molecule has 19 heteroatoms. The highest BCUT2D eigenvalue weighted by molar-refractivity contribution is 7.47. The second kappa shape index (κ2) is 37.3. The zero-order valence-corrected chi connectivity index (χ0v) is 40.7. The van der Waals surface area contributed by atoms with Crippen molar-refractivity contribution in [3.63, 3.8) is 0 Å². The minimum Gasteiger partial charge on any atom is -0.462 e. The number of phosphoric acid groups is 2. The molecule has 0 aromatic carbocycles. The Morgan fingerprint density at radius 1 is 0.561 bits per heavy atom. The van der Waals surface area contributed by atoms with E-state index in [0.29, 0.717) is 12.8 Å². The lowest BCUT2D eigenvalue weighted by Gasteiger charge is -2.43. The highest BCUT2D eigenvalue weighted by Gasteiger charge is 2.54. The molecule has 1 fully saturated rings. The zero-order chi connectivity index (χ0) is 49.1. The van der Waals surface area contributed by atoms with E-state index >= 15 is 0 Å². The van der Waals surface area contributed by atoms with Crippen LogP contribution in [0.4, 0.5) is 0 Å². The van der Waals surface area contributed by atoms with Crippen molar-refractivity contribution in [1.82, 2.24) is 0 Å². The quantitative estimate of drug-likeness (QED) is 0.00963. The molecule has 0 saturated heterocycles. The van der Waals surface area contributed by atoms with E-state index in [0.717, 1.165) is 51.4 Å². The first-order valence-corrected chi connectivity index (χ1v) is 26.6. The third kappa shape index (κ3) is 31.4. The minimum absolute atomic E-state index is 0.000953. The Morgan fingerprint density at radius 2 is 1.05 bits per heavy atom. The van der Waals surface area contributed by atoms with Gasteiger partial charge in [-0.1, -0.05) is 164 Å². The van der Waals surface area contributed by atoms with Gasteiger partial charge >= 0.3 is 27.6 Å². The van der Waals surface area contributed by atoms with Gasteiger partial charge < -0.3 is 49.7 Å². The standard InChI is InChI=1S/C47H80O17P2/c1-3-5-7-9-11-13-15-17-18-19-21-22-24-26-28-30-32-38(48)34-35-40(49)60-36-39(62-41(50)33-31-29-27-25-23-20-16-14-12-10-8-6-4-2)37-61-66(58,59)64-47-44(53)42(51)43(52)46(45(47)54)63-65(55,56)57/h5,7,11,13,17-18,21-22,26,28,30,32,38-39,42-48,51-54H,3-4,6,8-10,12,14-16,19-20,23-25,27,29,31,33-37H2,1-2H3,(H,58,59)(H2,55,56,57)/b7-5-,13-11-,18-17-,22-21-,28-26-,32-30-/t38?,39-,42?,43?,44?,45?,46-,47+/m1/s1. The lowest BCUT2D eigenvalue weighted by Crippen LogP contribution is -2.64. The molecule has 0 heterocycles. The molecule has 9 atom stereocenters. The largest absolute Gasteiger partial charge is 0.472 e. The van der Waals surface area contributed by atoms with E-state index in [2.05, 4.69) is 60.9 Å². The molecule has 0 spiro atoms. The number of hydrogen-bond acceptors (Lipinski definition) is 14. The van der Waals surface area contributed by atoms with E-state index in [1.165, 1.54) is 57.4 Å². The number of aliphatic hydroxyl groups is 5. The van der Waals surface area contributed by atoms with Crippen LogP contribution in [-0.4, -0.2) is 114 Å². The molecule has 0 aliphatic heterocycles. The van der Waals surface area contributed by atoms with Crippen LogP contribution in [0.25, 0.3) is 0 Å². The van der Waals surface area contributed by atoms with Gasteiger partial charge in [0.25, 0.3) is 0 Å². The number of phosphoric ester groups is 2. The monoisotopic (exact) mass is 978 g/mol. The van der Waals surface area contributed by atoms with Crippen LogP contribution in [-0.2, 0) is 41.8 Å². The summed E-state index contributed by atoms with van der Waals surface area (Å²) in [4.78, 5) is 54.3. The van der Waals surface area contributed by atoms with Crippen molar-refractivity contribution in [1.29, 1.82) is 0 Å². The first-order chi connectivity index (χ1) is 31.5. The van der Waals surface area contributed by atoms with Gasteiger partial charge in [-0.05, 0) is 44.9 Å². The van der Waals surface area contributed by atoms with Crippen molar-refractivity contribution in [3.05, 3.63) is 72.9 Å². The second-order valence-electron chi connectivity index (χ2n) is 16.3. The van der Waals surface area contributed by atoms with Crippen molar-refractivity contribution >= 4 is 27.6 Å². The number of unbranched alkanes of at least 4 members (excludes halogenated alkanes) is 12. The number of ether oxygens (including phenoxy) is 2. The van der Waals surface area contributed by atoms with Gasteiger partial charge in [0, 0.05) is 12.8 Å². The van der Waals surface area contributed by atoms with Crippen LogP contribution in [0.1, 0.15) is 149 Å². The van der Waals surface area contributed by atoms with Crippen LogP contribution in [0.15, 0.2) is 72.9 Å². The summed E-state index contributed by atoms with van der Waals surface area (Å²) in [5.41, 5.74) is 0. The number of allylic oxidation sites excluding steroid dienone is 11. The normalized spacial score (nSPS) is 22.6. The molecule has 1 aliphatic carbocycles. The molecule has 1 rings (SSSR count). The molecule has 380 valence electrons. The molecule has 0 amide bonds. The predicted molar refractivity (Wildman–Crippen MR) is 252 cm³/mol. The fourth-order valence-corrected chi connectivity index (χ4v) is 8.26. The fraction of sp³-hybridized carbons (Fsp3) is 0.702. The van der Waals surface area contributed by atoms with Crippen molar-refractivity contribution in [2.24, 2.45) is 0 Å². The van der Waals surface area contributed by atoms with Crippen LogP contribution in [0.2, 0.25) is 0 Å². The van der Waals surface area contributed by atoms with Crippen LogP contribution >= 0.6 is 15.6 Å². The van der Waals surface area contributed by atoms with Crippen LogP contribution in [0.5, 0.6) is 0 Å². The molecule has 1 aliphatic rings. The third-order valence-electron chi connectivity index (χ3n) is 10.4. The summed E-state index contributed by atoms with van der Waals surface area (Å²) in [6.07, 6.45) is 26.1. The number of rotatable bonds is 38. The van der Waals surface area contributed by atoms with Crippen LogP contribution in [0, 0.1) is 0 Å². The van der Waals surface area contributed by atoms with E-state index in [1.54, 1.807) is 12.2 Å². The number of esters is 2. The van der Waals surface area contributed by atoms with Gasteiger partial charge in [0.05, 0.1) is 12.7 Å². The molecule has 0 aromatic heterocycles. The summed E-state index contributed by atoms with van der Waals surface area (Å²) >= 11 is 0. The maximum absolute atomic E-state index is 13.0. The SMILES string of the molecule is CC/C=C\C/C=C\C/C=C\C/C=C\C/C=C\C=C/C(O)CCC(=O)OC[C@H](COP(=O)(O)O[C@H]1C(O)C(O)C(O)[C@@H](OP(=O)(O)O)C1O)OC(=O)CCCCCCCCCCCCCCC. The fourth-order valence-electron chi connectivity index (χ4n) is 6.72. The molecule has 0 bridgehead atoms. The molecule has 8 N–H and O–H groups in total. The summed E-state index contributed by atoms with van der Waals surface area (Å²) in [7, 11) is -10.8. The van der Waals surface area contributed by atoms with Gasteiger partial charge in [-0.25, -0.2) is 9.13 Å². The van der Waals surface area contributed by atoms with Crippen molar-refractivity contribution < 1.29 is 82.0 Å². The first kappa shape index (κ1) is 61.4. The maximum Gasteiger partial charge on any atom is 0.472 e. The molecule has 17 nitrogen and oxygen atoms in total. The highest BCUT2D eigenvalue weighted by atomic mass is 31.2.